The summed E-state index contributed by atoms with van der Waals surface area (Å²) in [5, 5.41) is 4.87. The van der Waals surface area contributed by atoms with Crippen LogP contribution in [0.25, 0.3) is 0 Å². The van der Waals surface area contributed by atoms with Crippen LogP contribution in [0.4, 0.5) is 0 Å². The molecule has 2 heterocycles. The number of rotatable bonds is 7. The first kappa shape index (κ1) is 21.0. The molecule has 0 bridgehead atoms. The van der Waals surface area contributed by atoms with Crippen LogP contribution in [0.1, 0.15) is 30.5 Å². The summed E-state index contributed by atoms with van der Waals surface area (Å²) in [5.41, 5.74) is 2.30. The number of hydrogen-bond donors (Lipinski definition) is 1. The lowest BCUT2D eigenvalue weighted by atomic mass is 10.0. The van der Waals surface area contributed by atoms with Gasteiger partial charge in [0.25, 0.3) is 10.0 Å². The SMILES string of the molecule is CC[C@H](NC(=O)CN1CCN(S(=O)(=O)c2cccs2)CC1)c1ccc(C)cc1. The number of thiophene rings is 1. The minimum absolute atomic E-state index is 0.00593. The van der Waals surface area contributed by atoms with Crippen LogP contribution in [-0.4, -0.2) is 56.3 Å². The molecule has 0 unspecified atom stereocenters. The van der Waals surface area contributed by atoms with E-state index in [1.807, 2.05) is 11.8 Å². The van der Waals surface area contributed by atoms with Crippen molar-refractivity contribution in [3.8, 4) is 0 Å². The third kappa shape index (κ3) is 5.00. The van der Waals surface area contributed by atoms with E-state index in [9.17, 15) is 13.2 Å². The molecule has 1 aromatic carbocycles. The van der Waals surface area contributed by atoms with Gasteiger partial charge in [-0.1, -0.05) is 42.8 Å². The second kappa shape index (κ2) is 9.17. The molecule has 1 saturated heterocycles. The van der Waals surface area contributed by atoms with Crippen LogP contribution in [0.3, 0.4) is 0 Å². The molecule has 0 aliphatic carbocycles. The summed E-state index contributed by atoms with van der Waals surface area (Å²) in [7, 11) is -3.41. The monoisotopic (exact) mass is 421 g/mol. The second-order valence-electron chi connectivity index (χ2n) is 7.05. The first-order chi connectivity index (χ1) is 13.4. The van der Waals surface area contributed by atoms with E-state index < -0.39 is 10.0 Å². The van der Waals surface area contributed by atoms with E-state index in [2.05, 4.69) is 36.5 Å². The average molecular weight is 422 g/mol. The van der Waals surface area contributed by atoms with Gasteiger partial charge < -0.3 is 5.32 Å². The topological polar surface area (TPSA) is 69.7 Å². The Kier molecular flexibility index (Phi) is 6.87. The van der Waals surface area contributed by atoms with Gasteiger partial charge in [-0.2, -0.15) is 4.31 Å². The quantitative estimate of drug-likeness (QED) is 0.746. The Hall–Kier alpha value is -1.74. The molecule has 0 radical (unpaired) electrons. The molecule has 1 N–H and O–H groups in total. The van der Waals surface area contributed by atoms with E-state index in [-0.39, 0.29) is 18.5 Å². The van der Waals surface area contributed by atoms with Crippen LogP contribution in [0, 0.1) is 6.92 Å². The van der Waals surface area contributed by atoms with E-state index >= 15 is 0 Å². The van der Waals surface area contributed by atoms with Crippen molar-refractivity contribution in [1.29, 1.82) is 0 Å². The lowest BCUT2D eigenvalue weighted by Crippen LogP contribution is -2.51. The van der Waals surface area contributed by atoms with Gasteiger partial charge in [0.05, 0.1) is 12.6 Å². The third-order valence-corrected chi connectivity index (χ3v) is 8.28. The highest BCUT2D eigenvalue weighted by Gasteiger charge is 2.29. The van der Waals surface area contributed by atoms with Crippen molar-refractivity contribution in [3.63, 3.8) is 0 Å². The minimum atomic E-state index is -3.41. The van der Waals surface area contributed by atoms with Crippen LogP contribution >= 0.6 is 11.3 Å². The first-order valence-corrected chi connectivity index (χ1v) is 11.8. The molecule has 1 fully saturated rings. The van der Waals surface area contributed by atoms with Crippen LogP contribution in [0.5, 0.6) is 0 Å². The normalized spacial score (nSPS) is 17.4. The predicted octanol–water partition coefficient (Wildman–Crippen LogP) is 2.63. The molecule has 0 saturated carbocycles. The van der Waals surface area contributed by atoms with Gasteiger partial charge in [-0.3, -0.25) is 9.69 Å². The Balaban J connectivity index is 1.51. The molecule has 3 rings (SSSR count). The van der Waals surface area contributed by atoms with Gasteiger partial charge in [0.15, 0.2) is 0 Å². The van der Waals surface area contributed by atoms with Crippen molar-refractivity contribution in [1.82, 2.24) is 14.5 Å². The molecular formula is C20H27N3O3S2. The van der Waals surface area contributed by atoms with Gasteiger partial charge in [0.1, 0.15) is 4.21 Å². The number of nitrogens with zero attached hydrogens (tertiary/aromatic N) is 2. The van der Waals surface area contributed by atoms with Crippen molar-refractivity contribution >= 4 is 27.3 Å². The zero-order chi connectivity index (χ0) is 20.1. The molecule has 1 atom stereocenters. The van der Waals surface area contributed by atoms with Crippen molar-refractivity contribution < 1.29 is 13.2 Å². The maximum Gasteiger partial charge on any atom is 0.252 e. The number of carbonyl (C=O) groups excluding carboxylic acids is 1. The van der Waals surface area contributed by atoms with Gasteiger partial charge in [-0.05, 0) is 30.4 Å². The Bertz CT molecular complexity index is 872. The first-order valence-electron chi connectivity index (χ1n) is 9.52. The number of benzene rings is 1. The zero-order valence-corrected chi connectivity index (χ0v) is 17.9. The van der Waals surface area contributed by atoms with E-state index in [4.69, 9.17) is 0 Å². The maximum absolute atomic E-state index is 12.6. The number of hydrogen-bond acceptors (Lipinski definition) is 5. The Morgan fingerprint density at radius 2 is 1.82 bits per heavy atom. The number of piperazine rings is 1. The highest BCUT2D eigenvalue weighted by Crippen LogP contribution is 2.22. The van der Waals surface area contributed by atoms with Crippen molar-refractivity contribution in [2.45, 2.75) is 30.5 Å². The smallest absolute Gasteiger partial charge is 0.252 e. The molecule has 1 aromatic heterocycles. The van der Waals surface area contributed by atoms with E-state index in [0.717, 1.165) is 12.0 Å². The molecular weight excluding hydrogens is 394 g/mol. The highest BCUT2D eigenvalue weighted by molar-refractivity contribution is 7.91. The summed E-state index contributed by atoms with van der Waals surface area (Å²) < 4.78 is 27.0. The van der Waals surface area contributed by atoms with Gasteiger partial charge in [0.2, 0.25) is 5.91 Å². The van der Waals surface area contributed by atoms with Crippen molar-refractivity contribution in [2.75, 3.05) is 32.7 Å². The second-order valence-corrected chi connectivity index (χ2v) is 10.2. The minimum Gasteiger partial charge on any atom is -0.348 e. The molecule has 0 spiro atoms. The van der Waals surface area contributed by atoms with Gasteiger partial charge in [0, 0.05) is 26.2 Å². The maximum atomic E-state index is 12.6. The standard InChI is InChI=1S/C20H27N3O3S2/c1-3-18(17-8-6-16(2)7-9-17)21-19(24)15-22-10-12-23(13-11-22)28(25,26)20-5-4-14-27-20/h4-9,14,18H,3,10-13,15H2,1-2H3,(H,21,24)/t18-/m0/s1. The van der Waals surface area contributed by atoms with Crippen molar-refractivity contribution in [3.05, 3.63) is 52.9 Å². The van der Waals surface area contributed by atoms with Crippen LogP contribution in [-0.2, 0) is 14.8 Å². The zero-order valence-electron chi connectivity index (χ0n) is 16.3. The lowest BCUT2D eigenvalue weighted by molar-refractivity contribution is -0.123. The number of sulfonamides is 1. The summed E-state index contributed by atoms with van der Waals surface area (Å²) in [4.78, 5) is 14.5. The predicted molar refractivity (Wildman–Crippen MR) is 112 cm³/mol. The summed E-state index contributed by atoms with van der Waals surface area (Å²) >= 11 is 1.24. The lowest BCUT2D eigenvalue weighted by Gasteiger charge is -2.33. The fourth-order valence-electron chi connectivity index (χ4n) is 3.33. The molecule has 1 amide bonds. The van der Waals surface area contributed by atoms with E-state index in [0.29, 0.717) is 30.4 Å². The average Bonchev–Trinajstić information content (AvgIpc) is 3.23. The number of aryl methyl sites for hydroxylation is 1. The Morgan fingerprint density at radius 1 is 1.14 bits per heavy atom. The fraction of sp³-hybridized carbons (Fsp3) is 0.450. The van der Waals surface area contributed by atoms with Gasteiger partial charge >= 0.3 is 0 Å². The van der Waals surface area contributed by atoms with Crippen LogP contribution in [0.2, 0.25) is 0 Å². The number of nitrogens with one attached hydrogen (secondary N) is 1. The fourth-order valence-corrected chi connectivity index (χ4v) is 5.90. The van der Waals surface area contributed by atoms with Gasteiger partial charge in [-0.25, -0.2) is 8.42 Å². The Morgan fingerprint density at radius 3 is 2.39 bits per heavy atom. The molecule has 28 heavy (non-hydrogen) atoms. The molecule has 6 nitrogen and oxygen atoms in total. The summed E-state index contributed by atoms with van der Waals surface area (Å²) in [6.45, 7) is 6.31. The van der Waals surface area contributed by atoms with E-state index in [1.54, 1.807) is 17.5 Å². The third-order valence-electron chi connectivity index (χ3n) is 5.01. The van der Waals surface area contributed by atoms with Crippen molar-refractivity contribution in [2.24, 2.45) is 0 Å². The largest absolute Gasteiger partial charge is 0.348 e. The summed E-state index contributed by atoms with van der Waals surface area (Å²) in [5.74, 6) is -0.0259. The molecule has 1 aliphatic heterocycles. The molecule has 2 aromatic rings. The van der Waals surface area contributed by atoms with Crippen LogP contribution < -0.4 is 5.32 Å². The molecule has 152 valence electrons. The number of carbonyl (C=O) groups is 1. The van der Waals surface area contributed by atoms with Crippen LogP contribution in [0.15, 0.2) is 46.0 Å². The highest BCUT2D eigenvalue weighted by atomic mass is 32.2. The number of amides is 1. The Labute approximate surface area is 171 Å². The molecule has 8 heteroatoms. The molecule has 1 aliphatic rings. The summed E-state index contributed by atoms with van der Waals surface area (Å²) in [6.07, 6.45) is 0.821. The van der Waals surface area contributed by atoms with Gasteiger partial charge in [-0.15, -0.1) is 11.3 Å². The van der Waals surface area contributed by atoms with E-state index in [1.165, 1.54) is 21.2 Å². The summed E-state index contributed by atoms with van der Waals surface area (Å²) in [6, 6.07) is 11.6.